The Morgan fingerprint density at radius 1 is 0.535 bits per heavy atom. The summed E-state index contributed by atoms with van der Waals surface area (Å²) in [4.78, 5) is 87.3. The average Bonchev–Trinajstić information content (AvgIpc) is 2.20. The number of ether oxygens (including phenoxy) is 2. The number of alkyl halides is 12. The highest BCUT2D eigenvalue weighted by Crippen LogP contribution is 2.52. The van der Waals surface area contributed by atoms with Crippen LogP contribution in [0.15, 0.2) is 36.4 Å². The summed E-state index contributed by atoms with van der Waals surface area (Å²) in [6.07, 6.45) is -17.5. The third kappa shape index (κ3) is 12.8. The van der Waals surface area contributed by atoms with E-state index in [2.05, 4.69) is 10.6 Å². The van der Waals surface area contributed by atoms with Crippen molar-refractivity contribution in [3.63, 3.8) is 0 Å². The number of halogens is 12. The van der Waals surface area contributed by atoms with Crippen LogP contribution >= 0.6 is 0 Å². The lowest BCUT2D eigenvalue weighted by atomic mass is 9.73. The van der Waals surface area contributed by atoms with E-state index in [0.717, 1.165) is 34.1 Å². The molecule has 0 aromatic heterocycles. The van der Waals surface area contributed by atoms with E-state index in [9.17, 15) is 81.5 Å². The lowest BCUT2D eigenvalue weighted by Gasteiger charge is -2.44. The van der Waals surface area contributed by atoms with Gasteiger partial charge in [-0.15, -0.1) is 0 Å². The molecular formula is C58H72F12N8O8. The predicted molar refractivity (Wildman–Crippen MR) is 283 cm³/mol. The average molecular weight is 1240 g/mol. The quantitative estimate of drug-likeness (QED) is 0.222. The van der Waals surface area contributed by atoms with Gasteiger partial charge in [0.1, 0.15) is 0 Å². The normalized spacial score (nSPS) is 27.0. The fourth-order valence-electron chi connectivity index (χ4n) is 14.7. The summed E-state index contributed by atoms with van der Waals surface area (Å²) in [5, 5.41) is 5.39. The molecule has 16 nitrogen and oxygen atoms in total. The van der Waals surface area contributed by atoms with Crippen LogP contribution in [0.3, 0.4) is 0 Å². The number of benzene rings is 2. The van der Waals surface area contributed by atoms with Crippen molar-refractivity contribution in [3.8, 4) is 0 Å². The fourth-order valence-corrected chi connectivity index (χ4v) is 14.7. The molecule has 2 aromatic rings. The third-order valence-corrected chi connectivity index (χ3v) is 19.3. The molecule has 0 unspecified atom stereocenters. The predicted octanol–water partition coefficient (Wildman–Crippen LogP) is 9.76. The molecule has 86 heavy (non-hydrogen) atoms. The Morgan fingerprint density at radius 3 is 1.17 bits per heavy atom. The van der Waals surface area contributed by atoms with E-state index in [-0.39, 0.29) is 164 Å². The van der Waals surface area contributed by atoms with E-state index in [0.29, 0.717) is 37.3 Å². The first-order valence-corrected chi connectivity index (χ1v) is 29.3. The van der Waals surface area contributed by atoms with E-state index in [1.165, 1.54) is 31.7 Å². The summed E-state index contributed by atoms with van der Waals surface area (Å²) in [6.45, 7) is 9.25. The lowest BCUT2D eigenvalue weighted by molar-refractivity contribution is -0.192. The first kappa shape index (κ1) is 64.4. The minimum absolute atomic E-state index is 0.00346. The van der Waals surface area contributed by atoms with Crippen LogP contribution in [0.1, 0.15) is 137 Å². The molecular weight excluding hydrogens is 1160 g/mol. The Balaban J connectivity index is 0.000000205. The fraction of sp³-hybridized carbons (Fsp3) is 0.690. The van der Waals surface area contributed by atoms with Gasteiger partial charge < -0.3 is 49.5 Å². The number of hydrogen-bond acceptors (Lipinski definition) is 8. The molecule has 2 aromatic carbocycles. The summed E-state index contributed by atoms with van der Waals surface area (Å²) in [7, 11) is 0. The van der Waals surface area contributed by atoms with E-state index < -0.39 is 94.7 Å². The topological polar surface area (TPSA) is 164 Å². The van der Waals surface area contributed by atoms with E-state index in [1.807, 2.05) is 0 Å². The summed E-state index contributed by atoms with van der Waals surface area (Å²) in [5.41, 5.74) is -2.44. The Labute approximate surface area is 489 Å². The number of nitrogens with zero attached hydrogens (tertiary/aromatic N) is 6. The van der Waals surface area contributed by atoms with Crippen LogP contribution < -0.4 is 10.6 Å². The van der Waals surface area contributed by atoms with Crippen molar-refractivity contribution in [1.29, 1.82) is 0 Å². The van der Waals surface area contributed by atoms with Gasteiger partial charge in [-0.3, -0.25) is 19.2 Å². The lowest BCUT2D eigenvalue weighted by Crippen LogP contribution is -2.55. The molecule has 0 bridgehead atoms. The second-order valence-electron chi connectivity index (χ2n) is 24.6. The van der Waals surface area contributed by atoms with Crippen LogP contribution in [0.5, 0.6) is 0 Å². The minimum atomic E-state index is -5.08. The maximum absolute atomic E-state index is 14.4. The van der Waals surface area contributed by atoms with Gasteiger partial charge in [0, 0.05) is 103 Å². The molecule has 2 saturated carbocycles. The number of fused-ring (bicyclic) bond motifs is 2. The largest absolute Gasteiger partial charge is 0.471 e. The van der Waals surface area contributed by atoms with Crippen LogP contribution in [0.25, 0.3) is 0 Å². The van der Waals surface area contributed by atoms with Crippen molar-refractivity contribution in [2.24, 2.45) is 22.7 Å². The Kier molecular flexibility index (Phi) is 18.3. The molecule has 0 spiro atoms. The zero-order valence-electron chi connectivity index (χ0n) is 48.1. The van der Waals surface area contributed by atoms with Crippen molar-refractivity contribution in [2.75, 3.05) is 65.7 Å². The van der Waals surface area contributed by atoms with Crippen LogP contribution in [-0.4, -0.2) is 167 Å². The first-order valence-electron chi connectivity index (χ1n) is 29.3. The highest BCUT2D eigenvalue weighted by Gasteiger charge is 2.58. The van der Waals surface area contributed by atoms with Crippen LogP contribution in [0, 0.1) is 22.7 Å². The summed E-state index contributed by atoms with van der Waals surface area (Å²) in [5.74, 6) is -5.29. The second kappa shape index (κ2) is 24.5. The van der Waals surface area contributed by atoms with Gasteiger partial charge in [-0.25, -0.2) is 9.59 Å². The molecule has 2 N–H and O–H groups in total. The van der Waals surface area contributed by atoms with E-state index in [1.54, 1.807) is 27.7 Å². The summed E-state index contributed by atoms with van der Waals surface area (Å²) in [6, 6.07) is 1.48. The molecule has 476 valence electrons. The molecule has 10 rings (SSSR count). The van der Waals surface area contributed by atoms with Crippen molar-refractivity contribution in [3.05, 3.63) is 69.8 Å². The van der Waals surface area contributed by atoms with Gasteiger partial charge in [0.25, 0.3) is 0 Å². The van der Waals surface area contributed by atoms with Gasteiger partial charge in [0.05, 0.1) is 34.0 Å². The first-order chi connectivity index (χ1) is 40.3. The maximum atomic E-state index is 14.4. The van der Waals surface area contributed by atoms with Gasteiger partial charge in [-0.2, -0.15) is 52.7 Å². The van der Waals surface area contributed by atoms with Gasteiger partial charge >= 0.3 is 48.6 Å². The van der Waals surface area contributed by atoms with Crippen molar-refractivity contribution < 1.29 is 90.9 Å². The van der Waals surface area contributed by atoms with Crippen molar-refractivity contribution >= 4 is 35.7 Å². The van der Waals surface area contributed by atoms with E-state index in [4.69, 9.17) is 9.47 Å². The van der Waals surface area contributed by atoms with E-state index >= 15 is 0 Å². The number of urea groups is 2. The number of carbonyl (C=O) groups is 6. The molecule has 6 heterocycles. The molecule has 0 radical (unpaired) electrons. The molecule has 6 fully saturated rings. The second-order valence-corrected chi connectivity index (χ2v) is 24.6. The zero-order valence-corrected chi connectivity index (χ0v) is 48.1. The highest BCUT2D eigenvalue weighted by atomic mass is 19.4. The Hall–Kier alpha value is -6.06. The number of amides is 8. The Morgan fingerprint density at radius 2 is 0.884 bits per heavy atom. The smallest absolute Gasteiger partial charge is 0.381 e. The van der Waals surface area contributed by atoms with Crippen molar-refractivity contribution in [2.45, 2.75) is 166 Å². The standard InChI is InChI=1S/2C29H36F6N4O4/c2*1-17(2)27(8-5-21(14-27)39(25(41)29(33,34)35)20-6-11-43-12-7-20)24(40)37-15-18-13-19(28(30,31)32)3-4-22(18)23(16-37)38-10-9-36-26(38)42/h2*3-4,13,17,20-21,23H,5-12,14-16H2,1-2H3,(H,36,42)/t21-,23+,27+;21-,23-,27+/m11/s1. The molecule has 4 saturated heterocycles. The van der Waals surface area contributed by atoms with Gasteiger partial charge in [0.15, 0.2) is 0 Å². The highest BCUT2D eigenvalue weighted by molar-refractivity contribution is 5.87. The SMILES string of the molecule is CC(C)[C@]1(C(=O)N2Cc3cc(C(F)(F)F)ccc3[C@@H](N3CCNC3=O)C2)CC[C@@H](N(C(=O)C(F)(F)F)C2CCOCC2)C1.CC(C)[C@]1(C(=O)N2Cc3cc(C(F)(F)F)ccc3[C@H](N3CCNC3=O)C2)CC[C@@H](N(C(=O)C(F)(F)F)C2CCOCC2)C1. The molecule has 28 heteroatoms. The number of rotatable bonds is 10. The van der Waals surface area contributed by atoms with Crippen LogP contribution in [0.4, 0.5) is 62.3 Å². The zero-order chi connectivity index (χ0) is 62.6. The van der Waals surface area contributed by atoms with Crippen LogP contribution in [-0.2, 0) is 54.1 Å². The minimum Gasteiger partial charge on any atom is -0.381 e. The van der Waals surface area contributed by atoms with Crippen molar-refractivity contribution in [1.82, 2.24) is 40.0 Å². The Bertz CT molecular complexity index is 2690. The molecule has 2 aliphatic carbocycles. The number of carbonyl (C=O) groups excluding carboxylic acids is 6. The van der Waals surface area contributed by atoms with Gasteiger partial charge in [0.2, 0.25) is 11.8 Å². The maximum Gasteiger partial charge on any atom is 0.471 e. The monoisotopic (exact) mass is 1240 g/mol. The van der Waals surface area contributed by atoms with Crippen LogP contribution in [0.2, 0.25) is 0 Å². The summed E-state index contributed by atoms with van der Waals surface area (Å²) >= 11 is 0. The molecule has 8 amide bonds. The number of nitrogens with one attached hydrogen (secondary N) is 2. The number of hydrogen-bond donors (Lipinski definition) is 2. The molecule has 8 aliphatic rings. The molecule has 6 aliphatic heterocycles. The van der Waals surface area contributed by atoms with Gasteiger partial charge in [-0.05, 0) is 123 Å². The molecule has 6 atom stereocenters. The summed E-state index contributed by atoms with van der Waals surface area (Å²) < 4.78 is 175. The van der Waals surface area contributed by atoms with Gasteiger partial charge in [-0.1, -0.05) is 39.8 Å². The third-order valence-electron chi connectivity index (χ3n) is 19.3.